The van der Waals surface area contributed by atoms with E-state index in [-0.39, 0.29) is 6.04 Å². The first-order valence-electron chi connectivity index (χ1n) is 6.74. The van der Waals surface area contributed by atoms with Crippen LogP contribution in [0.2, 0.25) is 0 Å². The number of aromatic nitrogens is 1. The molecule has 1 aromatic heterocycles. The highest BCUT2D eigenvalue weighted by molar-refractivity contribution is 5.83. The van der Waals surface area contributed by atoms with E-state index >= 15 is 0 Å². The minimum absolute atomic E-state index is 0.236. The van der Waals surface area contributed by atoms with Gasteiger partial charge in [-0.1, -0.05) is 18.2 Å². The number of para-hydroxylation sites is 1. The molecule has 3 nitrogen and oxygen atoms in total. The molecule has 3 aromatic rings. The Bertz CT molecular complexity index is 700. The van der Waals surface area contributed by atoms with Crippen molar-refractivity contribution in [2.75, 3.05) is 12.4 Å². The summed E-state index contributed by atoms with van der Waals surface area (Å²) in [5.74, 6) is 0.871. The number of H-pyrrole nitrogens is 1. The first-order chi connectivity index (χ1) is 9.78. The second kappa shape index (κ2) is 5.29. The first kappa shape index (κ1) is 12.6. The predicted molar refractivity (Wildman–Crippen MR) is 83.3 cm³/mol. The highest BCUT2D eigenvalue weighted by atomic mass is 16.5. The average molecular weight is 266 g/mol. The smallest absolute Gasteiger partial charge is 0.119 e. The van der Waals surface area contributed by atoms with Crippen molar-refractivity contribution in [1.29, 1.82) is 0 Å². The van der Waals surface area contributed by atoms with Crippen molar-refractivity contribution >= 4 is 16.6 Å². The van der Waals surface area contributed by atoms with Gasteiger partial charge < -0.3 is 15.0 Å². The van der Waals surface area contributed by atoms with Gasteiger partial charge in [-0.2, -0.15) is 0 Å². The lowest BCUT2D eigenvalue weighted by atomic mass is 10.1. The van der Waals surface area contributed by atoms with Gasteiger partial charge >= 0.3 is 0 Å². The van der Waals surface area contributed by atoms with Crippen molar-refractivity contribution in [3.63, 3.8) is 0 Å². The molecule has 1 heterocycles. The van der Waals surface area contributed by atoms with Crippen LogP contribution in [0.3, 0.4) is 0 Å². The third-order valence-electron chi connectivity index (χ3n) is 3.56. The van der Waals surface area contributed by atoms with Gasteiger partial charge in [0.1, 0.15) is 5.75 Å². The van der Waals surface area contributed by atoms with Gasteiger partial charge in [-0.05, 0) is 42.8 Å². The number of hydrogen-bond acceptors (Lipinski definition) is 2. The van der Waals surface area contributed by atoms with Crippen LogP contribution in [0.1, 0.15) is 18.5 Å². The van der Waals surface area contributed by atoms with Crippen LogP contribution in [0.4, 0.5) is 5.69 Å². The summed E-state index contributed by atoms with van der Waals surface area (Å²) in [6.45, 7) is 2.17. The summed E-state index contributed by atoms with van der Waals surface area (Å²) in [4.78, 5) is 3.31. The molecule has 0 saturated heterocycles. The maximum atomic E-state index is 5.17. The fourth-order valence-electron chi connectivity index (χ4n) is 2.47. The summed E-state index contributed by atoms with van der Waals surface area (Å²) >= 11 is 0. The van der Waals surface area contributed by atoms with Crippen LogP contribution >= 0.6 is 0 Å². The molecule has 0 radical (unpaired) electrons. The standard InChI is InChI=1S/C17H18N2O/c1-12(19-13-7-9-14(20-2)10-8-13)16-11-18-17-6-4-3-5-15(16)17/h3-12,18-19H,1-2H3. The van der Waals surface area contributed by atoms with Crippen LogP contribution in [-0.4, -0.2) is 12.1 Å². The van der Waals surface area contributed by atoms with Gasteiger partial charge in [0.25, 0.3) is 0 Å². The van der Waals surface area contributed by atoms with Gasteiger partial charge in [-0.15, -0.1) is 0 Å². The van der Waals surface area contributed by atoms with E-state index in [0.717, 1.165) is 11.4 Å². The van der Waals surface area contributed by atoms with E-state index in [1.807, 2.05) is 30.3 Å². The van der Waals surface area contributed by atoms with Crippen LogP contribution in [-0.2, 0) is 0 Å². The van der Waals surface area contributed by atoms with Crippen LogP contribution in [0.5, 0.6) is 5.75 Å². The second-order valence-corrected chi connectivity index (χ2v) is 4.88. The molecule has 0 amide bonds. The molecule has 0 aliphatic rings. The van der Waals surface area contributed by atoms with Crippen molar-refractivity contribution in [2.24, 2.45) is 0 Å². The largest absolute Gasteiger partial charge is 0.497 e. The predicted octanol–water partition coefficient (Wildman–Crippen LogP) is 4.35. The Kier molecular flexibility index (Phi) is 3.33. The average Bonchev–Trinajstić information content (AvgIpc) is 2.92. The molecule has 0 aliphatic carbocycles. The van der Waals surface area contributed by atoms with E-state index in [4.69, 9.17) is 4.74 Å². The number of ether oxygens (including phenoxy) is 1. The van der Waals surface area contributed by atoms with E-state index < -0.39 is 0 Å². The maximum absolute atomic E-state index is 5.17. The Balaban J connectivity index is 1.83. The number of hydrogen-bond donors (Lipinski definition) is 2. The van der Waals surface area contributed by atoms with Crippen molar-refractivity contribution in [1.82, 2.24) is 4.98 Å². The summed E-state index contributed by atoms with van der Waals surface area (Å²) in [7, 11) is 1.68. The van der Waals surface area contributed by atoms with Gasteiger partial charge in [0, 0.05) is 22.8 Å². The Hall–Kier alpha value is -2.42. The first-order valence-corrected chi connectivity index (χ1v) is 6.74. The third kappa shape index (κ3) is 2.35. The molecular formula is C17H18N2O. The van der Waals surface area contributed by atoms with Gasteiger partial charge in [-0.25, -0.2) is 0 Å². The van der Waals surface area contributed by atoms with E-state index in [1.165, 1.54) is 16.5 Å². The monoisotopic (exact) mass is 266 g/mol. The second-order valence-electron chi connectivity index (χ2n) is 4.88. The molecule has 20 heavy (non-hydrogen) atoms. The zero-order chi connectivity index (χ0) is 13.9. The van der Waals surface area contributed by atoms with Crippen molar-refractivity contribution < 1.29 is 4.74 Å². The van der Waals surface area contributed by atoms with Crippen LogP contribution in [0.25, 0.3) is 10.9 Å². The normalized spacial score (nSPS) is 12.3. The lowest BCUT2D eigenvalue weighted by molar-refractivity contribution is 0.415. The third-order valence-corrected chi connectivity index (χ3v) is 3.56. The number of benzene rings is 2. The molecule has 2 aromatic carbocycles. The van der Waals surface area contributed by atoms with Crippen molar-refractivity contribution in [3.05, 3.63) is 60.3 Å². The highest BCUT2D eigenvalue weighted by Gasteiger charge is 2.10. The van der Waals surface area contributed by atoms with Gasteiger partial charge in [0.2, 0.25) is 0 Å². The van der Waals surface area contributed by atoms with Crippen LogP contribution in [0.15, 0.2) is 54.7 Å². The Morgan fingerprint density at radius 3 is 2.55 bits per heavy atom. The fraction of sp³-hybridized carbons (Fsp3) is 0.176. The molecular weight excluding hydrogens is 248 g/mol. The van der Waals surface area contributed by atoms with E-state index in [1.54, 1.807) is 7.11 Å². The Morgan fingerprint density at radius 1 is 1.05 bits per heavy atom. The Labute approximate surface area is 118 Å². The zero-order valence-electron chi connectivity index (χ0n) is 11.7. The number of nitrogens with one attached hydrogen (secondary N) is 2. The van der Waals surface area contributed by atoms with E-state index in [2.05, 4.69) is 41.6 Å². The zero-order valence-corrected chi connectivity index (χ0v) is 11.7. The van der Waals surface area contributed by atoms with Crippen LogP contribution < -0.4 is 10.1 Å². The summed E-state index contributed by atoms with van der Waals surface area (Å²) in [6, 6.07) is 16.6. The quantitative estimate of drug-likeness (QED) is 0.736. The number of anilines is 1. The summed E-state index contributed by atoms with van der Waals surface area (Å²) < 4.78 is 5.17. The molecule has 0 fully saturated rings. The topological polar surface area (TPSA) is 37.0 Å². The number of fused-ring (bicyclic) bond motifs is 1. The lowest BCUT2D eigenvalue weighted by Gasteiger charge is -2.15. The number of aromatic amines is 1. The Morgan fingerprint density at radius 2 is 1.80 bits per heavy atom. The van der Waals surface area contributed by atoms with Gasteiger partial charge in [0.15, 0.2) is 0 Å². The summed E-state index contributed by atoms with van der Waals surface area (Å²) in [6.07, 6.45) is 2.08. The lowest BCUT2D eigenvalue weighted by Crippen LogP contribution is -2.05. The number of rotatable bonds is 4. The molecule has 1 atom stereocenters. The molecule has 102 valence electrons. The SMILES string of the molecule is COc1ccc(NC(C)c2c[nH]c3ccccc23)cc1. The molecule has 1 unspecified atom stereocenters. The molecule has 2 N–H and O–H groups in total. The fourth-order valence-corrected chi connectivity index (χ4v) is 2.47. The molecule has 0 saturated carbocycles. The minimum Gasteiger partial charge on any atom is -0.497 e. The minimum atomic E-state index is 0.236. The van der Waals surface area contributed by atoms with Gasteiger partial charge in [-0.3, -0.25) is 0 Å². The molecule has 0 aliphatic heterocycles. The molecule has 0 spiro atoms. The van der Waals surface area contributed by atoms with E-state index in [0.29, 0.717) is 0 Å². The molecule has 3 rings (SSSR count). The highest BCUT2D eigenvalue weighted by Crippen LogP contribution is 2.27. The van der Waals surface area contributed by atoms with Crippen molar-refractivity contribution in [3.8, 4) is 5.75 Å². The molecule has 3 heteroatoms. The summed E-state index contributed by atoms with van der Waals surface area (Å²) in [5.41, 5.74) is 3.53. The van der Waals surface area contributed by atoms with Crippen LogP contribution in [0, 0.1) is 0 Å². The summed E-state index contributed by atoms with van der Waals surface area (Å²) in [5, 5.41) is 4.78. The molecule has 0 bridgehead atoms. The maximum Gasteiger partial charge on any atom is 0.119 e. The van der Waals surface area contributed by atoms with Gasteiger partial charge in [0.05, 0.1) is 13.2 Å². The number of methoxy groups -OCH3 is 1. The van der Waals surface area contributed by atoms with E-state index in [9.17, 15) is 0 Å². The van der Waals surface area contributed by atoms with Crippen molar-refractivity contribution in [2.45, 2.75) is 13.0 Å².